The Bertz CT molecular complexity index is 1600. The number of hydrogen-bond donors (Lipinski definition) is 2. The highest BCUT2D eigenvalue weighted by Crippen LogP contribution is 2.50. The van der Waals surface area contributed by atoms with E-state index in [0.717, 1.165) is 6.07 Å². The third kappa shape index (κ3) is 7.37. The van der Waals surface area contributed by atoms with Crippen LogP contribution in [0.1, 0.15) is 39.9 Å². The molecule has 0 saturated heterocycles. The van der Waals surface area contributed by atoms with Gasteiger partial charge in [-0.15, -0.1) is 0 Å². The molecule has 3 aromatic carbocycles. The van der Waals surface area contributed by atoms with Crippen LogP contribution in [0, 0.1) is 0 Å². The number of amides is 2. The van der Waals surface area contributed by atoms with Crippen LogP contribution in [0.15, 0.2) is 59.8 Å². The van der Waals surface area contributed by atoms with Crippen LogP contribution in [0.4, 0.5) is 39.5 Å². The van der Waals surface area contributed by atoms with Crippen molar-refractivity contribution in [3.63, 3.8) is 0 Å². The molecule has 0 aliphatic carbocycles. The van der Waals surface area contributed by atoms with E-state index in [9.17, 15) is 49.1 Å². The smallest absolute Gasteiger partial charge is 0.374 e. The lowest BCUT2D eigenvalue weighted by Crippen LogP contribution is -2.42. The molecular weight excluding hydrogens is 633 g/mol. The van der Waals surface area contributed by atoms with Crippen molar-refractivity contribution in [2.75, 3.05) is 13.1 Å². The van der Waals surface area contributed by atoms with Gasteiger partial charge in [0.2, 0.25) is 5.91 Å². The maximum Gasteiger partial charge on any atom is 0.435 e. The van der Waals surface area contributed by atoms with Crippen molar-refractivity contribution in [3.05, 3.63) is 81.9 Å². The summed E-state index contributed by atoms with van der Waals surface area (Å²) in [6, 6.07) is 10.9. The second kappa shape index (κ2) is 12.2. The van der Waals surface area contributed by atoms with Gasteiger partial charge in [-0.2, -0.15) is 39.5 Å². The fourth-order valence-corrected chi connectivity index (χ4v) is 4.89. The minimum Gasteiger partial charge on any atom is -0.374 e. The number of hydrogen-bond acceptors (Lipinski definition) is 4. The maximum absolute atomic E-state index is 14.3. The second-order valence-electron chi connectivity index (χ2n) is 9.87. The quantitative estimate of drug-likeness (QED) is 0.255. The third-order valence-electron chi connectivity index (χ3n) is 6.77. The predicted octanol–water partition coefficient (Wildman–Crippen LogP) is 7.09. The molecule has 16 heteroatoms. The number of nitrogens with one attached hydrogen (secondary N) is 2. The summed E-state index contributed by atoms with van der Waals surface area (Å²) in [4.78, 5) is 29.2. The number of alkyl halides is 9. The molecule has 2 N–H and O–H groups in total. The zero-order chi connectivity index (χ0) is 32.5. The lowest BCUT2D eigenvalue weighted by Gasteiger charge is -2.30. The zero-order valence-corrected chi connectivity index (χ0v) is 22.9. The van der Waals surface area contributed by atoms with E-state index in [-0.39, 0.29) is 24.1 Å². The molecule has 236 valence electrons. The first-order chi connectivity index (χ1) is 20.4. The van der Waals surface area contributed by atoms with E-state index in [1.807, 2.05) is 0 Å². The fraction of sp³-hybridized carbons (Fsp3) is 0.321. The van der Waals surface area contributed by atoms with Crippen molar-refractivity contribution >= 4 is 39.9 Å². The molecule has 1 aliphatic rings. The first-order valence-corrected chi connectivity index (χ1v) is 13.1. The number of rotatable bonds is 8. The maximum atomic E-state index is 14.3. The van der Waals surface area contributed by atoms with E-state index in [1.165, 1.54) is 12.1 Å². The summed E-state index contributed by atoms with van der Waals surface area (Å²) in [5.74, 6) is -1.81. The first kappa shape index (κ1) is 32.9. The minimum absolute atomic E-state index is 0.0772. The van der Waals surface area contributed by atoms with Crippen LogP contribution in [0.3, 0.4) is 0 Å². The summed E-state index contributed by atoms with van der Waals surface area (Å²) >= 11 is 5.73. The van der Waals surface area contributed by atoms with Crippen LogP contribution in [-0.2, 0) is 27.8 Å². The number of carbonyl (C=O) groups is 2. The highest BCUT2D eigenvalue weighted by Gasteiger charge is 2.62. The summed E-state index contributed by atoms with van der Waals surface area (Å²) in [6.45, 7) is -2.28. The molecule has 0 aromatic heterocycles. The Morgan fingerprint density at radius 3 is 2.20 bits per heavy atom. The van der Waals surface area contributed by atoms with Gasteiger partial charge >= 0.3 is 18.5 Å². The number of carbonyl (C=O) groups excluding carboxylic acids is 2. The highest BCUT2D eigenvalue weighted by atomic mass is 35.5. The van der Waals surface area contributed by atoms with Gasteiger partial charge in [0.1, 0.15) is 6.54 Å². The van der Waals surface area contributed by atoms with E-state index in [1.54, 1.807) is 29.6 Å². The largest absolute Gasteiger partial charge is 0.435 e. The summed E-state index contributed by atoms with van der Waals surface area (Å²) in [5, 5.41) is 7.79. The van der Waals surface area contributed by atoms with E-state index >= 15 is 0 Å². The third-order valence-corrected chi connectivity index (χ3v) is 6.99. The molecule has 0 radical (unpaired) electrons. The molecule has 0 saturated carbocycles. The van der Waals surface area contributed by atoms with Gasteiger partial charge in [0, 0.05) is 22.6 Å². The predicted molar refractivity (Wildman–Crippen MR) is 141 cm³/mol. The molecule has 1 unspecified atom stereocenters. The Morgan fingerprint density at radius 1 is 0.886 bits per heavy atom. The van der Waals surface area contributed by atoms with Crippen LogP contribution in [0.2, 0.25) is 5.02 Å². The Morgan fingerprint density at radius 2 is 1.57 bits per heavy atom. The summed E-state index contributed by atoms with van der Waals surface area (Å²) < 4.78 is 120. The Labute approximate surface area is 248 Å². The average Bonchev–Trinajstić information content (AvgIpc) is 3.38. The van der Waals surface area contributed by atoms with Gasteiger partial charge in [0.25, 0.3) is 11.5 Å². The topological polar surface area (TPSA) is 79.8 Å². The number of fused-ring (bicyclic) bond motifs is 1. The number of aryl methyl sites for hydroxylation is 1. The Balaban J connectivity index is 1.50. The van der Waals surface area contributed by atoms with Crippen LogP contribution < -0.4 is 10.6 Å². The molecule has 6 nitrogen and oxygen atoms in total. The molecular formula is C28H21ClF9N3O3. The van der Waals surface area contributed by atoms with E-state index < -0.39 is 71.6 Å². The Hall–Kier alpha value is -4.01. The normalized spacial score (nSPS) is 17.3. The van der Waals surface area contributed by atoms with Crippen LogP contribution in [0.5, 0.6) is 0 Å². The van der Waals surface area contributed by atoms with Crippen LogP contribution >= 0.6 is 11.6 Å². The molecule has 2 amide bonds. The number of oxime groups is 1. The zero-order valence-electron chi connectivity index (χ0n) is 22.2. The van der Waals surface area contributed by atoms with Gasteiger partial charge in [-0.3, -0.25) is 9.59 Å². The highest BCUT2D eigenvalue weighted by molar-refractivity contribution is 6.30. The van der Waals surface area contributed by atoms with Crippen molar-refractivity contribution in [1.29, 1.82) is 0 Å². The van der Waals surface area contributed by atoms with Gasteiger partial charge in [0.05, 0.1) is 17.8 Å². The summed E-state index contributed by atoms with van der Waals surface area (Å²) in [5.41, 5.74) is -4.83. The van der Waals surface area contributed by atoms with E-state index in [2.05, 4.69) is 10.5 Å². The molecule has 0 bridgehead atoms. The van der Waals surface area contributed by atoms with Crippen LogP contribution in [-0.4, -0.2) is 43.0 Å². The fourth-order valence-electron chi connectivity index (χ4n) is 4.66. The minimum atomic E-state index is -5.16. The second-order valence-corrected chi connectivity index (χ2v) is 10.3. The monoisotopic (exact) mass is 653 g/mol. The SMILES string of the molecule is O=C(CNC(=O)c1ccc(CCC2=NOC(c3cc(Cl)cc(C(F)(F)F)c3)(C(F)(F)F)C2)c2ccccc12)NCC(F)(F)F. The molecule has 0 fully saturated rings. The molecule has 1 aliphatic heterocycles. The van der Waals surface area contributed by atoms with Gasteiger partial charge in [-0.25, -0.2) is 0 Å². The van der Waals surface area contributed by atoms with Crippen molar-refractivity contribution in [1.82, 2.24) is 10.6 Å². The number of nitrogens with zero attached hydrogens (tertiary/aromatic N) is 1. The summed E-state index contributed by atoms with van der Waals surface area (Å²) in [7, 11) is 0. The van der Waals surface area contributed by atoms with Crippen molar-refractivity contribution in [2.45, 2.75) is 43.4 Å². The first-order valence-electron chi connectivity index (χ1n) is 12.7. The van der Waals surface area contributed by atoms with Crippen molar-refractivity contribution < 1.29 is 53.9 Å². The molecule has 4 rings (SSSR count). The van der Waals surface area contributed by atoms with Crippen LogP contribution in [0.25, 0.3) is 10.8 Å². The molecule has 1 atom stereocenters. The lowest BCUT2D eigenvalue weighted by atomic mass is 9.85. The standard InChI is InChI=1S/C28H21ClF9N3O3/c29-18-10-16(9-17(11-18)27(33,34)35)25(28(36,37)38)12-19(41-44-25)7-5-15-6-8-22(21-4-2-1-3-20(15)21)24(43)39-13-23(42)40-14-26(30,31)32/h1-4,6,8-11H,5,7,12-14H2,(H,39,43)(H,40,42). The lowest BCUT2D eigenvalue weighted by molar-refractivity contribution is -0.276. The van der Waals surface area contributed by atoms with Gasteiger partial charge in [-0.05, 0) is 53.4 Å². The average molecular weight is 654 g/mol. The summed E-state index contributed by atoms with van der Waals surface area (Å²) in [6.07, 6.45) is -15.6. The Kier molecular flexibility index (Phi) is 9.10. The van der Waals surface area contributed by atoms with E-state index in [0.29, 0.717) is 28.5 Å². The molecule has 0 spiro atoms. The van der Waals surface area contributed by atoms with Crippen molar-refractivity contribution in [2.24, 2.45) is 5.16 Å². The van der Waals surface area contributed by atoms with Gasteiger partial charge in [0.15, 0.2) is 0 Å². The van der Waals surface area contributed by atoms with Gasteiger partial charge in [-0.1, -0.05) is 47.1 Å². The molecule has 44 heavy (non-hydrogen) atoms. The molecule has 3 aromatic rings. The van der Waals surface area contributed by atoms with Gasteiger partial charge < -0.3 is 15.5 Å². The number of benzene rings is 3. The molecule has 1 heterocycles. The van der Waals surface area contributed by atoms with E-state index in [4.69, 9.17) is 16.4 Å². The number of halogens is 10. The van der Waals surface area contributed by atoms with Crippen molar-refractivity contribution in [3.8, 4) is 0 Å².